The average Bonchev–Trinajstić information content (AvgIpc) is 2.83. The van der Waals surface area contributed by atoms with Crippen molar-refractivity contribution < 1.29 is 28.9 Å². The first kappa shape index (κ1) is 29.7. The van der Waals surface area contributed by atoms with Crippen LogP contribution in [0.2, 0.25) is 10.3 Å². The van der Waals surface area contributed by atoms with Gasteiger partial charge in [0.2, 0.25) is 0 Å². The molecule has 0 bridgehead atoms. The van der Waals surface area contributed by atoms with Crippen LogP contribution in [0, 0.1) is 0 Å². The number of nitrogens with zero attached hydrogens (tertiary/aromatic N) is 2. The number of esters is 1. The zero-order valence-corrected chi connectivity index (χ0v) is 23.7. The number of Topliss-reactive ketones (excluding diaryl/α,β-unsaturated/α-hetero) is 1. The van der Waals surface area contributed by atoms with Crippen molar-refractivity contribution in [2.75, 3.05) is 31.5 Å². The van der Waals surface area contributed by atoms with Crippen molar-refractivity contribution in [3.05, 3.63) is 33.6 Å². The molecule has 0 aliphatic carbocycles. The van der Waals surface area contributed by atoms with Crippen LogP contribution < -0.4 is 20.1 Å². The van der Waals surface area contributed by atoms with Gasteiger partial charge in [-0.25, -0.2) is 9.97 Å². The van der Waals surface area contributed by atoms with E-state index in [0.29, 0.717) is 22.3 Å². The molecule has 10 nitrogen and oxygen atoms in total. The van der Waals surface area contributed by atoms with E-state index >= 15 is 0 Å². The Bertz CT molecular complexity index is 1170. The first-order valence-electron chi connectivity index (χ1n) is 12.3. The minimum Gasteiger partial charge on any atom is -0.496 e. The van der Waals surface area contributed by atoms with E-state index in [0.717, 1.165) is 36.4 Å². The quantitative estimate of drug-likeness (QED) is 0.343. The van der Waals surface area contributed by atoms with Crippen LogP contribution in [0.5, 0.6) is 11.5 Å². The van der Waals surface area contributed by atoms with Crippen LogP contribution in [0.15, 0.2) is 12.1 Å². The summed E-state index contributed by atoms with van der Waals surface area (Å²) in [5, 5.41) is 15.8. The van der Waals surface area contributed by atoms with Gasteiger partial charge in [0.05, 0.1) is 26.7 Å². The number of halogens is 2. The van der Waals surface area contributed by atoms with Crippen molar-refractivity contribution in [2.24, 2.45) is 0 Å². The van der Waals surface area contributed by atoms with E-state index in [2.05, 4.69) is 20.6 Å². The van der Waals surface area contributed by atoms with Crippen LogP contribution in [0.4, 0.5) is 11.6 Å². The highest BCUT2D eigenvalue weighted by molar-refractivity contribution is 6.30. The minimum atomic E-state index is -0.668. The molecule has 12 heteroatoms. The summed E-state index contributed by atoms with van der Waals surface area (Å²) in [6, 6.07) is 2.89. The number of carbonyl (C=O) groups is 2. The monoisotopic (exact) mass is 568 g/mol. The highest BCUT2D eigenvalue weighted by Crippen LogP contribution is 2.34. The van der Waals surface area contributed by atoms with Gasteiger partial charge in [-0.1, -0.05) is 23.2 Å². The van der Waals surface area contributed by atoms with Crippen molar-refractivity contribution in [3.8, 4) is 11.5 Å². The molecule has 0 spiro atoms. The number of methoxy groups -OCH3 is 2. The summed E-state index contributed by atoms with van der Waals surface area (Å²) < 4.78 is 15.7. The van der Waals surface area contributed by atoms with E-state index in [9.17, 15) is 9.59 Å². The van der Waals surface area contributed by atoms with Crippen LogP contribution in [0.25, 0.3) is 0 Å². The number of nitrogens with one attached hydrogen (secondary N) is 2. The molecule has 208 valence electrons. The van der Waals surface area contributed by atoms with Crippen molar-refractivity contribution in [2.45, 2.75) is 70.6 Å². The topological polar surface area (TPSA) is 132 Å². The SMILES string of the molecule is COc1cc(Cl)nc2c1CC(=O)[C@H](CC(=O)OC(C)(C)C)N2.COc1cc(Cl)nc2c1CC[C@H](CCO)N2. The largest absolute Gasteiger partial charge is 0.496 e. The van der Waals surface area contributed by atoms with Crippen molar-refractivity contribution in [1.82, 2.24) is 9.97 Å². The van der Waals surface area contributed by atoms with Crippen molar-refractivity contribution in [1.29, 1.82) is 0 Å². The highest BCUT2D eigenvalue weighted by atomic mass is 35.5. The summed E-state index contributed by atoms with van der Waals surface area (Å²) >= 11 is 11.8. The second-order valence-corrected chi connectivity index (χ2v) is 10.7. The van der Waals surface area contributed by atoms with E-state index < -0.39 is 17.6 Å². The molecule has 0 amide bonds. The number of fused-ring (bicyclic) bond motifs is 2. The van der Waals surface area contributed by atoms with E-state index in [4.69, 9.17) is 42.5 Å². The first-order chi connectivity index (χ1) is 17.9. The molecule has 0 fully saturated rings. The number of hydrogen-bond donors (Lipinski definition) is 3. The lowest BCUT2D eigenvalue weighted by Gasteiger charge is -2.27. The van der Waals surface area contributed by atoms with Crippen LogP contribution in [-0.2, 0) is 27.2 Å². The number of ketones is 1. The number of hydrogen-bond acceptors (Lipinski definition) is 10. The zero-order valence-electron chi connectivity index (χ0n) is 22.2. The van der Waals surface area contributed by atoms with Gasteiger partial charge in [-0.3, -0.25) is 9.59 Å². The third kappa shape index (κ3) is 7.85. The molecule has 3 N–H and O–H groups in total. The number of carbonyl (C=O) groups excluding carboxylic acids is 2. The van der Waals surface area contributed by atoms with Crippen LogP contribution in [0.1, 0.15) is 51.2 Å². The van der Waals surface area contributed by atoms with Crippen molar-refractivity contribution in [3.63, 3.8) is 0 Å². The Labute approximate surface area is 232 Å². The number of pyridine rings is 2. The van der Waals surface area contributed by atoms with Gasteiger partial charge in [-0.05, 0) is 40.0 Å². The van der Waals surface area contributed by atoms with Gasteiger partial charge < -0.3 is 30.0 Å². The Morgan fingerprint density at radius 2 is 1.63 bits per heavy atom. The molecule has 4 heterocycles. The third-order valence-electron chi connectivity index (χ3n) is 5.95. The molecule has 38 heavy (non-hydrogen) atoms. The van der Waals surface area contributed by atoms with E-state index in [1.54, 1.807) is 40.0 Å². The number of aromatic nitrogens is 2. The van der Waals surface area contributed by atoms with Gasteiger partial charge >= 0.3 is 5.97 Å². The van der Waals surface area contributed by atoms with E-state index in [1.165, 1.54) is 7.11 Å². The Hall–Kier alpha value is -2.82. The second-order valence-electron chi connectivity index (χ2n) is 9.97. The lowest BCUT2D eigenvalue weighted by molar-refractivity contribution is -0.155. The number of aliphatic hydroxyl groups is 1. The van der Waals surface area contributed by atoms with Gasteiger partial charge in [-0.15, -0.1) is 0 Å². The minimum absolute atomic E-state index is 0.0496. The summed E-state index contributed by atoms with van der Waals surface area (Å²) in [6.07, 6.45) is 2.71. The maximum absolute atomic E-state index is 12.2. The second kappa shape index (κ2) is 12.8. The zero-order chi connectivity index (χ0) is 28.0. The Morgan fingerprint density at radius 1 is 1.05 bits per heavy atom. The standard InChI is InChI=1S/C15H19ClN2O4.C11H15ClN2O2/c1-15(2,3)22-13(20)6-9-10(19)5-8-11(21-4)7-12(16)18-14(8)17-9;1-16-9-6-10(12)14-11-8(9)3-2-7(13-11)4-5-15/h7,9H,5-6H2,1-4H3,(H,17,18);6-7,15H,2-5H2,1H3,(H,13,14)/t9-;7-/m01/s1. The van der Waals surface area contributed by atoms with Crippen LogP contribution in [-0.4, -0.2) is 65.3 Å². The molecule has 0 saturated carbocycles. The number of aliphatic hydroxyl groups excluding tert-OH is 1. The van der Waals surface area contributed by atoms with E-state index in [1.807, 2.05) is 0 Å². The molecule has 2 aliphatic rings. The van der Waals surface area contributed by atoms with Crippen molar-refractivity contribution >= 4 is 46.6 Å². The molecule has 0 saturated heterocycles. The van der Waals surface area contributed by atoms with Gasteiger partial charge in [0.15, 0.2) is 5.78 Å². The van der Waals surface area contributed by atoms with Gasteiger partial charge in [-0.2, -0.15) is 0 Å². The Balaban J connectivity index is 0.000000221. The molecule has 0 aromatic carbocycles. The van der Waals surface area contributed by atoms with Crippen LogP contribution >= 0.6 is 23.2 Å². The summed E-state index contributed by atoms with van der Waals surface area (Å²) in [6.45, 7) is 5.53. The smallest absolute Gasteiger partial charge is 0.308 e. The number of rotatable bonds is 6. The lowest BCUT2D eigenvalue weighted by atomic mass is 9.96. The Kier molecular flexibility index (Phi) is 10.0. The normalized spacial score (nSPS) is 18.1. The van der Waals surface area contributed by atoms with Gasteiger partial charge in [0.25, 0.3) is 0 Å². The predicted octanol–water partition coefficient (Wildman–Crippen LogP) is 4.23. The summed E-state index contributed by atoms with van der Waals surface area (Å²) in [7, 11) is 3.13. The maximum Gasteiger partial charge on any atom is 0.308 e. The van der Waals surface area contributed by atoms with Gasteiger partial charge in [0, 0.05) is 42.3 Å². The fraction of sp³-hybridized carbons (Fsp3) is 0.538. The summed E-state index contributed by atoms with van der Waals surface area (Å²) in [5.74, 6) is 2.00. The average molecular weight is 569 g/mol. The first-order valence-corrected chi connectivity index (χ1v) is 13.0. The maximum atomic E-state index is 12.2. The fourth-order valence-electron chi connectivity index (χ4n) is 4.27. The van der Waals surface area contributed by atoms with E-state index in [-0.39, 0.29) is 36.4 Å². The molecule has 2 atom stereocenters. The van der Waals surface area contributed by atoms with Gasteiger partial charge in [0.1, 0.15) is 39.0 Å². The number of anilines is 2. The molecule has 0 unspecified atom stereocenters. The summed E-state index contributed by atoms with van der Waals surface area (Å²) in [5.41, 5.74) is 1.13. The molecule has 2 aliphatic heterocycles. The third-order valence-corrected chi connectivity index (χ3v) is 6.33. The molecule has 2 aromatic rings. The molecular weight excluding hydrogens is 535 g/mol. The van der Waals surface area contributed by atoms with Crippen LogP contribution in [0.3, 0.4) is 0 Å². The Morgan fingerprint density at radius 3 is 2.18 bits per heavy atom. The predicted molar refractivity (Wildman–Crippen MR) is 146 cm³/mol. The lowest BCUT2D eigenvalue weighted by Crippen LogP contribution is -2.39. The molecule has 4 rings (SSSR count). The molecular formula is C26H34Cl2N4O6. The number of ether oxygens (including phenoxy) is 3. The summed E-state index contributed by atoms with van der Waals surface area (Å²) in [4.78, 5) is 32.5. The molecule has 2 aromatic heterocycles. The highest BCUT2D eigenvalue weighted by Gasteiger charge is 2.32. The fourth-order valence-corrected chi connectivity index (χ4v) is 4.63. The molecule has 0 radical (unpaired) electrons.